The molecule has 1 amide bonds. The minimum absolute atomic E-state index is 0.0710. The molecule has 1 aliphatic heterocycles. The van der Waals surface area contributed by atoms with Crippen LogP contribution < -0.4 is 0 Å². The molecule has 3 aromatic rings. The molecule has 7 nitrogen and oxygen atoms in total. The molecule has 1 fully saturated rings. The number of tetrazole rings is 1. The van der Waals surface area contributed by atoms with Gasteiger partial charge in [-0.1, -0.05) is 80.4 Å². The number of benzene rings is 2. The van der Waals surface area contributed by atoms with Crippen LogP contribution in [-0.2, 0) is 5.54 Å². The minimum atomic E-state index is -0.444. The molecule has 0 N–H and O–H groups in total. The third-order valence-corrected chi connectivity index (χ3v) is 7.55. The van der Waals surface area contributed by atoms with Crippen LogP contribution in [0.4, 0.5) is 0 Å². The molecule has 0 saturated carbocycles. The number of halogens is 2. The average Bonchev–Trinajstić information content (AvgIpc) is 3.35. The number of rotatable bonds is 6. The second-order valence-corrected chi connectivity index (χ2v) is 11.8. The number of nitrogens with zero attached hydrogens (tertiary/aromatic N) is 6. The Morgan fingerprint density at radius 3 is 2.27 bits per heavy atom. The van der Waals surface area contributed by atoms with E-state index in [1.165, 1.54) is 0 Å². The first-order valence-electron chi connectivity index (χ1n) is 12.5. The van der Waals surface area contributed by atoms with Crippen molar-refractivity contribution < 1.29 is 4.79 Å². The Hall–Kier alpha value is -2.74. The van der Waals surface area contributed by atoms with Crippen LogP contribution in [0.1, 0.15) is 62.4 Å². The molecule has 0 unspecified atom stereocenters. The Morgan fingerprint density at radius 1 is 0.973 bits per heavy atom. The van der Waals surface area contributed by atoms with Gasteiger partial charge in [-0.05, 0) is 59.5 Å². The van der Waals surface area contributed by atoms with Crippen molar-refractivity contribution >= 4 is 35.2 Å². The predicted molar refractivity (Wildman–Crippen MR) is 149 cm³/mol. The van der Waals surface area contributed by atoms with Crippen LogP contribution in [0.5, 0.6) is 0 Å². The van der Waals surface area contributed by atoms with Crippen LogP contribution >= 0.6 is 23.2 Å². The van der Waals surface area contributed by atoms with E-state index >= 15 is 0 Å². The molecule has 0 spiro atoms. The van der Waals surface area contributed by atoms with Gasteiger partial charge in [-0.2, -0.15) is 0 Å². The van der Waals surface area contributed by atoms with Gasteiger partial charge in [0, 0.05) is 41.8 Å². The molecule has 2 aromatic carbocycles. The van der Waals surface area contributed by atoms with Gasteiger partial charge in [-0.3, -0.25) is 9.69 Å². The van der Waals surface area contributed by atoms with Crippen molar-refractivity contribution in [2.45, 2.75) is 46.2 Å². The Bertz CT molecular complexity index is 1260. The second kappa shape index (κ2) is 10.9. The summed E-state index contributed by atoms with van der Waals surface area (Å²) in [5.41, 5.74) is 0.991. The number of hydrogen-bond donors (Lipinski definition) is 0. The highest BCUT2D eigenvalue weighted by atomic mass is 35.5. The zero-order chi connectivity index (χ0) is 26.8. The fraction of sp³-hybridized carbons (Fsp3) is 0.429. The van der Waals surface area contributed by atoms with Gasteiger partial charge in [-0.15, -0.1) is 5.10 Å². The number of aromatic nitrogens is 4. The third-order valence-electron chi connectivity index (χ3n) is 6.99. The standard InChI is InChI=1S/C28H34Cl2N6O/c1-27(2,3)24(14-12-20-11-13-22(29)19-23(20)30)36-26(31-32-33-36)28(4,5)35-17-15-34(16-18-35)25(37)21-9-7-6-8-10-21/h6-14,19,24H,15-18H2,1-5H3/t24-/m1/s1. The fourth-order valence-corrected chi connectivity index (χ4v) is 5.20. The van der Waals surface area contributed by atoms with Crippen LogP contribution in [0.15, 0.2) is 54.6 Å². The lowest BCUT2D eigenvalue weighted by atomic mass is 9.85. The highest BCUT2D eigenvalue weighted by Gasteiger charge is 2.39. The molecule has 37 heavy (non-hydrogen) atoms. The number of allylic oxidation sites excluding steroid dienone is 1. The summed E-state index contributed by atoms with van der Waals surface area (Å²) in [7, 11) is 0. The number of carbonyl (C=O) groups is 1. The zero-order valence-electron chi connectivity index (χ0n) is 22.0. The van der Waals surface area contributed by atoms with E-state index in [0.29, 0.717) is 23.1 Å². The van der Waals surface area contributed by atoms with Crippen LogP contribution in [0.2, 0.25) is 10.0 Å². The van der Waals surface area contributed by atoms with Crippen molar-refractivity contribution in [3.05, 3.63) is 81.6 Å². The normalized spacial score (nSPS) is 16.4. The van der Waals surface area contributed by atoms with Crippen LogP contribution in [0, 0.1) is 5.41 Å². The van der Waals surface area contributed by atoms with Crippen molar-refractivity contribution in [3.63, 3.8) is 0 Å². The Balaban J connectivity index is 1.55. The molecule has 0 bridgehead atoms. The Kier molecular flexibility index (Phi) is 8.07. The van der Waals surface area contributed by atoms with Gasteiger partial charge >= 0.3 is 0 Å². The molecule has 9 heteroatoms. The van der Waals surface area contributed by atoms with Gasteiger partial charge in [0.1, 0.15) is 0 Å². The molecule has 2 heterocycles. The molecule has 1 aromatic heterocycles. The maximum absolute atomic E-state index is 12.9. The quantitative estimate of drug-likeness (QED) is 0.385. The highest BCUT2D eigenvalue weighted by Crippen LogP contribution is 2.36. The van der Waals surface area contributed by atoms with E-state index in [1.807, 2.05) is 58.1 Å². The molecule has 1 aliphatic rings. The van der Waals surface area contributed by atoms with Crippen molar-refractivity contribution in [1.82, 2.24) is 30.0 Å². The summed E-state index contributed by atoms with van der Waals surface area (Å²) < 4.78 is 1.92. The van der Waals surface area contributed by atoms with Gasteiger partial charge in [-0.25, -0.2) is 4.68 Å². The number of piperazine rings is 1. The summed E-state index contributed by atoms with van der Waals surface area (Å²) >= 11 is 12.5. The van der Waals surface area contributed by atoms with E-state index in [4.69, 9.17) is 23.2 Å². The van der Waals surface area contributed by atoms with Crippen molar-refractivity contribution in [2.24, 2.45) is 5.41 Å². The average molecular weight is 542 g/mol. The van der Waals surface area contributed by atoms with Crippen LogP contribution in [0.3, 0.4) is 0 Å². The Morgan fingerprint density at radius 2 is 1.65 bits per heavy atom. The largest absolute Gasteiger partial charge is 0.336 e. The SMILES string of the molecule is CC(C)(C)[C@@H](C=Cc1ccc(Cl)cc1Cl)n1nnnc1C(C)(C)N1CCN(C(=O)c2ccccc2)CC1. The van der Waals surface area contributed by atoms with Gasteiger partial charge in [0.25, 0.3) is 5.91 Å². The van der Waals surface area contributed by atoms with Crippen molar-refractivity contribution in [2.75, 3.05) is 26.2 Å². The van der Waals surface area contributed by atoms with E-state index in [2.05, 4.69) is 61.1 Å². The lowest BCUT2D eigenvalue weighted by Crippen LogP contribution is -2.55. The molecule has 0 aliphatic carbocycles. The van der Waals surface area contributed by atoms with Gasteiger partial charge in [0.2, 0.25) is 0 Å². The summed E-state index contributed by atoms with van der Waals surface area (Å²) in [6.45, 7) is 13.5. The minimum Gasteiger partial charge on any atom is -0.336 e. The molecule has 4 rings (SSSR count). The Labute approximate surface area is 229 Å². The third kappa shape index (κ3) is 6.06. The highest BCUT2D eigenvalue weighted by molar-refractivity contribution is 6.35. The molecule has 1 saturated heterocycles. The van der Waals surface area contributed by atoms with Crippen molar-refractivity contribution in [3.8, 4) is 0 Å². The van der Waals surface area contributed by atoms with E-state index < -0.39 is 5.54 Å². The van der Waals surface area contributed by atoms with E-state index in [9.17, 15) is 4.79 Å². The van der Waals surface area contributed by atoms with E-state index in [0.717, 1.165) is 30.0 Å². The summed E-state index contributed by atoms with van der Waals surface area (Å²) in [6.07, 6.45) is 4.10. The maximum atomic E-state index is 12.9. The smallest absolute Gasteiger partial charge is 0.253 e. The summed E-state index contributed by atoms with van der Waals surface area (Å²) in [4.78, 5) is 17.2. The number of amides is 1. The molecular weight excluding hydrogens is 507 g/mol. The van der Waals surface area contributed by atoms with Crippen LogP contribution in [0.25, 0.3) is 6.08 Å². The first-order chi connectivity index (χ1) is 17.5. The second-order valence-electron chi connectivity index (χ2n) is 11.0. The molecule has 196 valence electrons. The van der Waals surface area contributed by atoms with Gasteiger partial charge < -0.3 is 4.90 Å². The first-order valence-corrected chi connectivity index (χ1v) is 13.2. The molecular formula is C28H34Cl2N6O. The molecule has 0 radical (unpaired) electrons. The number of hydrogen-bond acceptors (Lipinski definition) is 5. The summed E-state index contributed by atoms with van der Waals surface area (Å²) in [5.74, 6) is 0.851. The summed E-state index contributed by atoms with van der Waals surface area (Å²) in [6, 6.07) is 14.8. The first kappa shape index (κ1) is 27.3. The predicted octanol–water partition coefficient (Wildman–Crippen LogP) is 5.97. The topological polar surface area (TPSA) is 67.2 Å². The van der Waals surface area contributed by atoms with Gasteiger partial charge in [0.15, 0.2) is 5.82 Å². The maximum Gasteiger partial charge on any atom is 0.253 e. The number of carbonyl (C=O) groups excluding carboxylic acids is 1. The lowest BCUT2D eigenvalue weighted by molar-refractivity contribution is 0.0334. The van der Waals surface area contributed by atoms with Crippen LogP contribution in [-0.4, -0.2) is 62.1 Å². The zero-order valence-corrected chi connectivity index (χ0v) is 23.5. The molecule has 1 atom stereocenters. The van der Waals surface area contributed by atoms with Crippen molar-refractivity contribution in [1.29, 1.82) is 0 Å². The van der Waals surface area contributed by atoms with Gasteiger partial charge in [0.05, 0.1) is 11.6 Å². The van der Waals surface area contributed by atoms with E-state index in [1.54, 1.807) is 6.07 Å². The monoisotopic (exact) mass is 540 g/mol. The lowest BCUT2D eigenvalue weighted by Gasteiger charge is -2.43. The fourth-order valence-electron chi connectivity index (χ4n) is 4.73. The summed E-state index contributed by atoms with van der Waals surface area (Å²) in [5, 5.41) is 14.2. The van der Waals surface area contributed by atoms with E-state index in [-0.39, 0.29) is 17.4 Å².